The van der Waals surface area contributed by atoms with E-state index in [1.807, 2.05) is 62.1 Å². The number of aliphatic hydroxyl groups excluding tert-OH is 1. The molecule has 1 unspecified atom stereocenters. The summed E-state index contributed by atoms with van der Waals surface area (Å²) in [5.74, 6) is -0.221. The summed E-state index contributed by atoms with van der Waals surface area (Å²) < 4.78 is 0. The van der Waals surface area contributed by atoms with E-state index in [1.165, 1.54) is 0 Å². The molecule has 1 atom stereocenters. The van der Waals surface area contributed by atoms with Crippen molar-refractivity contribution in [1.82, 2.24) is 10.2 Å². The minimum Gasteiger partial charge on any atom is -0.395 e. The lowest BCUT2D eigenvalue weighted by Gasteiger charge is -2.53. The van der Waals surface area contributed by atoms with E-state index < -0.39 is 16.4 Å². The number of aliphatic hydroxyl groups is 1. The Labute approximate surface area is 202 Å². The number of aryl methyl sites for hydroxylation is 1. The number of likely N-dealkylation sites (tertiary alicyclic amines) is 1. The second-order valence-electron chi connectivity index (χ2n) is 10.7. The molecular weight excluding hydrogens is 426 g/mol. The highest BCUT2D eigenvalue weighted by atomic mass is 16.3. The van der Waals surface area contributed by atoms with Gasteiger partial charge in [0.15, 0.2) is 0 Å². The molecule has 0 radical (unpaired) electrons. The van der Waals surface area contributed by atoms with E-state index in [9.17, 15) is 20.0 Å². The Balaban J connectivity index is 1.74. The van der Waals surface area contributed by atoms with Gasteiger partial charge in [-0.3, -0.25) is 9.59 Å². The fraction of sp³-hybridized carbons (Fsp3) is 0.464. The number of nitrogens with one attached hydrogen (secondary N) is 1. The molecule has 2 aromatic rings. The highest BCUT2D eigenvalue weighted by molar-refractivity contribution is 5.95. The van der Waals surface area contributed by atoms with E-state index in [0.29, 0.717) is 30.6 Å². The summed E-state index contributed by atoms with van der Waals surface area (Å²) in [5, 5.41) is 22.8. The van der Waals surface area contributed by atoms with E-state index in [4.69, 9.17) is 0 Å². The van der Waals surface area contributed by atoms with Gasteiger partial charge in [-0.1, -0.05) is 44.2 Å². The Hall–Kier alpha value is -3.17. The van der Waals surface area contributed by atoms with Crippen molar-refractivity contribution in [3.8, 4) is 6.07 Å². The van der Waals surface area contributed by atoms with Gasteiger partial charge in [0.2, 0.25) is 5.91 Å². The van der Waals surface area contributed by atoms with Crippen LogP contribution in [0.1, 0.15) is 67.6 Å². The lowest BCUT2D eigenvalue weighted by atomic mass is 9.58. The number of hydrogen-bond acceptors (Lipinski definition) is 4. The summed E-state index contributed by atoms with van der Waals surface area (Å²) in [6.07, 6.45) is 0.800. The molecule has 1 heterocycles. The SMILES string of the molecule is Cc1cc(C2(CO)CCN(C(=O)CC(C)(C)NC(=O)c3ccccc3)CC2(C)C)ccc1C#N. The molecule has 2 aromatic carbocycles. The largest absolute Gasteiger partial charge is 0.395 e. The minimum absolute atomic E-state index is 0.0195. The monoisotopic (exact) mass is 461 g/mol. The molecule has 1 saturated heterocycles. The molecule has 2 amide bonds. The summed E-state index contributed by atoms with van der Waals surface area (Å²) in [4.78, 5) is 27.7. The fourth-order valence-electron chi connectivity index (χ4n) is 5.09. The average Bonchev–Trinajstić information content (AvgIpc) is 2.78. The molecule has 1 fully saturated rings. The number of rotatable bonds is 6. The van der Waals surface area contributed by atoms with Crippen LogP contribution in [0.3, 0.4) is 0 Å². The van der Waals surface area contributed by atoms with Gasteiger partial charge in [-0.05, 0) is 61.9 Å². The maximum atomic E-state index is 13.3. The first kappa shape index (κ1) is 25.5. The molecule has 0 aliphatic carbocycles. The third-order valence-corrected chi connectivity index (χ3v) is 7.29. The van der Waals surface area contributed by atoms with Crippen molar-refractivity contribution in [2.45, 2.75) is 58.4 Å². The number of hydrogen-bond donors (Lipinski definition) is 2. The molecular formula is C28H35N3O3. The van der Waals surface area contributed by atoms with Crippen LogP contribution in [-0.2, 0) is 10.2 Å². The number of carbonyl (C=O) groups excluding carboxylic acids is 2. The number of carbonyl (C=O) groups is 2. The third kappa shape index (κ3) is 5.00. The maximum Gasteiger partial charge on any atom is 0.251 e. The van der Waals surface area contributed by atoms with Gasteiger partial charge in [-0.25, -0.2) is 0 Å². The number of nitrogens with zero attached hydrogens (tertiary/aromatic N) is 2. The smallest absolute Gasteiger partial charge is 0.251 e. The van der Waals surface area contributed by atoms with Crippen molar-refractivity contribution in [3.05, 3.63) is 70.8 Å². The summed E-state index contributed by atoms with van der Waals surface area (Å²) in [5.41, 5.74) is 1.46. The van der Waals surface area contributed by atoms with Gasteiger partial charge in [-0.15, -0.1) is 0 Å². The molecule has 6 heteroatoms. The topological polar surface area (TPSA) is 93.4 Å². The van der Waals surface area contributed by atoms with Gasteiger partial charge in [0, 0.05) is 36.0 Å². The lowest BCUT2D eigenvalue weighted by molar-refractivity contribution is -0.138. The van der Waals surface area contributed by atoms with Crippen LogP contribution in [0.4, 0.5) is 0 Å². The number of benzene rings is 2. The third-order valence-electron chi connectivity index (χ3n) is 7.29. The Morgan fingerprint density at radius 1 is 1.18 bits per heavy atom. The number of piperidine rings is 1. The van der Waals surface area contributed by atoms with Gasteiger partial charge >= 0.3 is 0 Å². The van der Waals surface area contributed by atoms with Crippen molar-refractivity contribution in [2.75, 3.05) is 19.7 Å². The summed E-state index contributed by atoms with van der Waals surface area (Å²) in [7, 11) is 0. The van der Waals surface area contributed by atoms with E-state index >= 15 is 0 Å². The molecule has 0 saturated carbocycles. The van der Waals surface area contributed by atoms with E-state index in [2.05, 4.69) is 25.2 Å². The Morgan fingerprint density at radius 3 is 2.41 bits per heavy atom. The second kappa shape index (κ2) is 9.60. The molecule has 3 rings (SSSR count). The van der Waals surface area contributed by atoms with Crippen molar-refractivity contribution in [2.24, 2.45) is 5.41 Å². The zero-order valence-electron chi connectivity index (χ0n) is 20.8. The van der Waals surface area contributed by atoms with Crippen LogP contribution in [-0.4, -0.2) is 47.1 Å². The highest BCUT2D eigenvalue weighted by Crippen LogP contribution is 2.48. The molecule has 1 aliphatic heterocycles. The van der Waals surface area contributed by atoms with Gasteiger partial charge < -0.3 is 15.3 Å². The van der Waals surface area contributed by atoms with Crippen molar-refractivity contribution < 1.29 is 14.7 Å². The van der Waals surface area contributed by atoms with E-state index in [-0.39, 0.29) is 24.8 Å². The molecule has 34 heavy (non-hydrogen) atoms. The zero-order valence-corrected chi connectivity index (χ0v) is 20.8. The Kier molecular flexibility index (Phi) is 7.18. The summed E-state index contributed by atoms with van der Waals surface area (Å²) in [6, 6.07) is 16.9. The van der Waals surface area contributed by atoms with Crippen molar-refractivity contribution >= 4 is 11.8 Å². The molecule has 1 aliphatic rings. The predicted molar refractivity (Wildman–Crippen MR) is 132 cm³/mol. The van der Waals surface area contributed by atoms with Crippen LogP contribution >= 0.6 is 0 Å². The first-order valence-electron chi connectivity index (χ1n) is 11.7. The normalized spacial score (nSPS) is 19.9. The van der Waals surface area contributed by atoms with Crippen LogP contribution < -0.4 is 5.32 Å². The molecule has 0 aromatic heterocycles. The minimum atomic E-state index is -0.704. The molecule has 2 N–H and O–H groups in total. The highest BCUT2D eigenvalue weighted by Gasteiger charge is 2.50. The number of amides is 2. The van der Waals surface area contributed by atoms with Gasteiger partial charge in [0.05, 0.1) is 18.2 Å². The van der Waals surface area contributed by atoms with E-state index in [1.54, 1.807) is 12.1 Å². The maximum absolute atomic E-state index is 13.3. The fourth-order valence-corrected chi connectivity index (χ4v) is 5.09. The van der Waals surface area contributed by atoms with E-state index in [0.717, 1.165) is 11.1 Å². The van der Waals surface area contributed by atoms with Gasteiger partial charge in [0.25, 0.3) is 5.91 Å². The zero-order chi connectivity index (χ0) is 25.1. The van der Waals surface area contributed by atoms with Crippen LogP contribution in [0, 0.1) is 23.7 Å². The van der Waals surface area contributed by atoms with Crippen LogP contribution in [0.2, 0.25) is 0 Å². The standard InChI is InChI=1S/C28H35N3O3/c1-20-15-23(12-11-22(20)17-29)28(19-32)13-14-31(18-26(28,2)3)24(33)16-27(4,5)30-25(34)21-9-7-6-8-10-21/h6-12,15,32H,13-14,16,18-19H2,1-5H3,(H,30,34). The molecule has 0 bridgehead atoms. The first-order valence-corrected chi connectivity index (χ1v) is 11.7. The quantitative estimate of drug-likeness (QED) is 0.681. The predicted octanol–water partition coefficient (Wildman–Crippen LogP) is 3.95. The van der Waals surface area contributed by atoms with Crippen LogP contribution in [0.25, 0.3) is 0 Å². The van der Waals surface area contributed by atoms with Crippen LogP contribution in [0.5, 0.6) is 0 Å². The average molecular weight is 462 g/mol. The lowest BCUT2D eigenvalue weighted by Crippen LogP contribution is -2.59. The second-order valence-corrected chi connectivity index (χ2v) is 10.7. The summed E-state index contributed by atoms with van der Waals surface area (Å²) in [6.45, 7) is 10.8. The van der Waals surface area contributed by atoms with Gasteiger partial charge in [-0.2, -0.15) is 5.26 Å². The first-order chi connectivity index (χ1) is 15.9. The number of nitriles is 1. The van der Waals surface area contributed by atoms with Crippen molar-refractivity contribution in [1.29, 1.82) is 5.26 Å². The Bertz CT molecular complexity index is 1100. The molecule has 180 valence electrons. The van der Waals surface area contributed by atoms with Crippen molar-refractivity contribution in [3.63, 3.8) is 0 Å². The summed E-state index contributed by atoms with van der Waals surface area (Å²) >= 11 is 0. The Morgan fingerprint density at radius 2 is 1.85 bits per heavy atom. The van der Waals surface area contributed by atoms with Gasteiger partial charge in [0.1, 0.15) is 0 Å². The van der Waals surface area contributed by atoms with Crippen LogP contribution in [0.15, 0.2) is 48.5 Å². The molecule has 6 nitrogen and oxygen atoms in total. The molecule has 0 spiro atoms.